The first-order valence-corrected chi connectivity index (χ1v) is 12.2. The summed E-state index contributed by atoms with van der Waals surface area (Å²) in [5, 5.41) is 15.1. The highest BCUT2D eigenvalue weighted by Gasteiger charge is 2.30. The molecule has 0 aliphatic heterocycles. The molecule has 0 bridgehead atoms. The lowest BCUT2D eigenvalue weighted by atomic mass is 10.1. The van der Waals surface area contributed by atoms with Crippen LogP contribution >= 0.6 is 7.41 Å². The predicted molar refractivity (Wildman–Crippen MR) is 120 cm³/mol. The topological polar surface area (TPSA) is 99.4 Å². The smallest absolute Gasteiger partial charge is 0.278 e. The number of methoxy groups -OCH3 is 2. The highest BCUT2D eigenvalue weighted by atomic mass is 31.2. The second kappa shape index (κ2) is 9.32. The van der Waals surface area contributed by atoms with Gasteiger partial charge in [-0.25, -0.2) is 9.97 Å². The van der Waals surface area contributed by atoms with E-state index in [9.17, 15) is 10.1 Å². The first-order chi connectivity index (χ1) is 14.4. The molecule has 0 aliphatic carbocycles. The molecule has 3 rings (SSSR count). The molecular formula is C21H26N4O4P+. The maximum Gasteiger partial charge on any atom is 0.278 e. The monoisotopic (exact) mass is 429 g/mol. The third kappa shape index (κ3) is 4.83. The van der Waals surface area contributed by atoms with Crippen molar-refractivity contribution in [2.75, 3.05) is 27.0 Å². The fraction of sp³-hybridized carbons (Fsp3) is 0.333. The number of nitrogens with zero attached hydrogens (tertiary/aromatic N) is 3. The number of nitrogens with one attached hydrogen (secondary N) is 1. The van der Waals surface area contributed by atoms with Gasteiger partial charge in [0.05, 0.1) is 57.6 Å². The van der Waals surface area contributed by atoms with E-state index >= 15 is 0 Å². The minimum Gasteiger partial charge on any atom is -0.477 e. The number of fused-ring (bicyclic) bond motifs is 1. The third-order valence-electron chi connectivity index (χ3n) is 5.09. The summed E-state index contributed by atoms with van der Waals surface area (Å²) in [5.41, 5.74) is 2.92. The molecule has 30 heavy (non-hydrogen) atoms. The molecule has 0 spiro atoms. The Morgan fingerprint density at radius 3 is 2.37 bits per heavy atom. The Balaban J connectivity index is 1.97. The molecule has 0 radical (unpaired) electrons. The first kappa shape index (κ1) is 21.9. The summed E-state index contributed by atoms with van der Waals surface area (Å²) < 4.78 is 10.5. The highest BCUT2D eigenvalue weighted by molar-refractivity contribution is 7.72. The number of rotatable bonds is 9. The first-order valence-electron chi connectivity index (χ1n) is 9.59. The van der Waals surface area contributed by atoms with E-state index in [0.717, 1.165) is 12.3 Å². The Kier molecular flexibility index (Phi) is 6.80. The summed E-state index contributed by atoms with van der Waals surface area (Å²) >= 11 is 0. The van der Waals surface area contributed by atoms with Gasteiger partial charge in [0, 0.05) is 17.7 Å². The van der Waals surface area contributed by atoms with Gasteiger partial charge in [-0.05, 0) is 12.5 Å². The average Bonchev–Trinajstić information content (AvgIpc) is 2.76. The summed E-state index contributed by atoms with van der Waals surface area (Å²) in [6.07, 6.45) is 1.94. The molecule has 0 saturated heterocycles. The van der Waals surface area contributed by atoms with Crippen LogP contribution in [0.4, 0.5) is 5.69 Å². The van der Waals surface area contributed by atoms with Crippen LogP contribution in [0.2, 0.25) is 0 Å². The van der Waals surface area contributed by atoms with Gasteiger partial charge in [0.1, 0.15) is 5.52 Å². The number of ether oxygens (including phenoxy) is 2. The number of non-ortho nitro benzene ring substituents is 1. The zero-order chi connectivity index (χ0) is 21.7. The van der Waals surface area contributed by atoms with Gasteiger partial charge >= 0.3 is 0 Å². The van der Waals surface area contributed by atoms with Crippen LogP contribution < -0.4 is 14.6 Å². The van der Waals surface area contributed by atoms with E-state index in [1.807, 2.05) is 18.2 Å². The van der Waals surface area contributed by atoms with Crippen LogP contribution in [0.25, 0.3) is 11.0 Å². The fourth-order valence-electron chi connectivity index (χ4n) is 3.23. The molecule has 0 amide bonds. The summed E-state index contributed by atoms with van der Waals surface area (Å²) in [5.74, 6) is 0.441. The van der Waals surface area contributed by atoms with Crippen molar-refractivity contribution in [3.05, 3.63) is 63.7 Å². The maximum absolute atomic E-state index is 11.5. The Morgan fingerprint density at radius 1 is 1.10 bits per heavy atom. The Morgan fingerprint density at radius 2 is 1.77 bits per heavy atom. The largest absolute Gasteiger partial charge is 0.477 e. The number of benzene rings is 2. The standard InChI is InChI=1S/C21H26N4O4P/c1-5-30(4,14-15-9-7-6-8-10-15)22-13-16-11-17(25(26)27)12-18-19(16)24-21(29-3)20(23-18)28-2/h6-12,22H,5,13-14H2,1-4H3/q+1. The summed E-state index contributed by atoms with van der Waals surface area (Å²) in [4.78, 5) is 19.9. The SMILES string of the molecule is CC[P+](C)(Cc1ccccc1)NCc1cc([N+](=O)[O-])cc2nc(OC)c(OC)nc12. The molecule has 1 aromatic heterocycles. The van der Waals surface area contributed by atoms with E-state index in [4.69, 9.17) is 9.47 Å². The molecule has 3 aromatic rings. The van der Waals surface area contributed by atoms with E-state index in [2.05, 4.69) is 40.8 Å². The van der Waals surface area contributed by atoms with Gasteiger partial charge < -0.3 is 9.47 Å². The quantitative estimate of drug-likeness (QED) is 0.305. The average molecular weight is 429 g/mol. The number of nitro groups is 1. The van der Waals surface area contributed by atoms with Crippen molar-refractivity contribution >= 4 is 24.1 Å². The molecule has 0 aliphatic rings. The minimum atomic E-state index is -1.51. The molecule has 1 N–H and O–H groups in total. The van der Waals surface area contributed by atoms with Crippen molar-refractivity contribution in [1.82, 2.24) is 15.1 Å². The Labute approximate surface area is 176 Å². The van der Waals surface area contributed by atoms with Gasteiger partial charge in [-0.2, -0.15) is 5.09 Å². The summed E-state index contributed by atoms with van der Waals surface area (Å²) in [6, 6.07) is 13.3. The van der Waals surface area contributed by atoms with Crippen molar-refractivity contribution in [2.45, 2.75) is 19.6 Å². The molecule has 0 saturated carbocycles. The van der Waals surface area contributed by atoms with Crippen molar-refractivity contribution < 1.29 is 14.4 Å². The molecular weight excluding hydrogens is 403 g/mol. The van der Waals surface area contributed by atoms with E-state index < -0.39 is 12.3 Å². The van der Waals surface area contributed by atoms with Crippen LogP contribution in [-0.2, 0) is 12.7 Å². The molecule has 158 valence electrons. The number of nitro benzene ring substituents is 1. The second-order valence-corrected chi connectivity index (χ2v) is 11.2. The molecule has 8 nitrogen and oxygen atoms in total. The van der Waals surface area contributed by atoms with E-state index in [1.54, 1.807) is 6.07 Å². The summed E-state index contributed by atoms with van der Waals surface area (Å²) in [6.45, 7) is 4.88. The van der Waals surface area contributed by atoms with Crippen LogP contribution in [0.15, 0.2) is 42.5 Å². The van der Waals surface area contributed by atoms with Gasteiger partial charge in [0.25, 0.3) is 17.4 Å². The zero-order valence-electron chi connectivity index (χ0n) is 17.6. The predicted octanol–water partition coefficient (Wildman–Crippen LogP) is 4.43. The lowest BCUT2D eigenvalue weighted by Crippen LogP contribution is -2.19. The van der Waals surface area contributed by atoms with E-state index in [1.165, 1.54) is 25.8 Å². The van der Waals surface area contributed by atoms with Crippen LogP contribution in [0.1, 0.15) is 18.1 Å². The normalized spacial score (nSPS) is 13.1. The Bertz CT molecular complexity index is 1050. The van der Waals surface area contributed by atoms with Crippen molar-refractivity contribution in [3.8, 4) is 11.8 Å². The van der Waals surface area contributed by atoms with Crippen LogP contribution in [0.3, 0.4) is 0 Å². The number of hydrogen-bond donors (Lipinski definition) is 1. The molecule has 1 atom stereocenters. The van der Waals surface area contributed by atoms with Crippen LogP contribution in [0, 0.1) is 10.1 Å². The van der Waals surface area contributed by atoms with Crippen LogP contribution in [-0.4, -0.2) is 41.9 Å². The van der Waals surface area contributed by atoms with Crippen molar-refractivity contribution in [2.24, 2.45) is 0 Å². The maximum atomic E-state index is 11.5. The number of aromatic nitrogens is 2. The third-order valence-corrected chi connectivity index (χ3v) is 8.47. The molecule has 2 aromatic carbocycles. The zero-order valence-corrected chi connectivity index (χ0v) is 18.5. The van der Waals surface area contributed by atoms with E-state index in [-0.39, 0.29) is 17.4 Å². The highest BCUT2D eigenvalue weighted by Crippen LogP contribution is 2.53. The van der Waals surface area contributed by atoms with Gasteiger partial charge in [-0.1, -0.05) is 30.3 Å². The second-order valence-electron chi connectivity index (χ2n) is 7.16. The number of hydrogen-bond acceptors (Lipinski definition) is 7. The van der Waals surface area contributed by atoms with Gasteiger partial charge in [0.15, 0.2) is 0 Å². The van der Waals surface area contributed by atoms with Crippen molar-refractivity contribution in [3.63, 3.8) is 0 Å². The Hall–Kier alpha value is -2.83. The molecule has 1 heterocycles. The van der Waals surface area contributed by atoms with Gasteiger partial charge in [0.2, 0.25) is 0 Å². The van der Waals surface area contributed by atoms with E-state index in [0.29, 0.717) is 23.1 Å². The summed E-state index contributed by atoms with van der Waals surface area (Å²) in [7, 11) is 1.43. The lowest BCUT2D eigenvalue weighted by molar-refractivity contribution is -0.384. The molecule has 9 heteroatoms. The lowest BCUT2D eigenvalue weighted by Gasteiger charge is -2.23. The van der Waals surface area contributed by atoms with Gasteiger partial charge in [-0.3, -0.25) is 10.1 Å². The minimum absolute atomic E-state index is 0.0274. The molecule has 1 unspecified atom stereocenters. The van der Waals surface area contributed by atoms with Crippen molar-refractivity contribution in [1.29, 1.82) is 0 Å². The molecule has 0 fully saturated rings. The van der Waals surface area contributed by atoms with Crippen LogP contribution in [0.5, 0.6) is 11.8 Å². The van der Waals surface area contributed by atoms with Gasteiger partial charge in [-0.15, -0.1) is 0 Å². The fourth-order valence-corrected chi connectivity index (χ4v) is 5.36.